The summed E-state index contributed by atoms with van der Waals surface area (Å²) in [6.07, 6.45) is 1.54. The zero-order valence-electron chi connectivity index (χ0n) is 14.2. The van der Waals surface area contributed by atoms with Crippen molar-refractivity contribution in [1.29, 1.82) is 0 Å². The fourth-order valence-corrected chi connectivity index (χ4v) is 2.24. The van der Waals surface area contributed by atoms with E-state index >= 15 is 0 Å². The molecule has 11 nitrogen and oxygen atoms in total. The van der Waals surface area contributed by atoms with Crippen molar-refractivity contribution in [2.45, 2.75) is 6.54 Å². The van der Waals surface area contributed by atoms with Crippen LogP contribution >= 0.6 is 0 Å². The van der Waals surface area contributed by atoms with Crippen molar-refractivity contribution < 1.29 is 14.3 Å². The third-order valence-electron chi connectivity index (χ3n) is 3.37. The molecule has 0 fully saturated rings. The van der Waals surface area contributed by atoms with E-state index in [0.29, 0.717) is 12.2 Å². The van der Waals surface area contributed by atoms with Crippen LogP contribution in [0, 0.1) is 0 Å². The Bertz CT molecular complexity index is 914. The van der Waals surface area contributed by atoms with Gasteiger partial charge in [0.2, 0.25) is 11.6 Å². The van der Waals surface area contributed by atoms with Crippen molar-refractivity contribution >= 4 is 17.9 Å². The van der Waals surface area contributed by atoms with Crippen molar-refractivity contribution in [3.63, 3.8) is 0 Å². The summed E-state index contributed by atoms with van der Waals surface area (Å²) in [6, 6.07) is 9.39. The van der Waals surface area contributed by atoms with Gasteiger partial charge >= 0.3 is 0 Å². The van der Waals surface area contributed by atoms with Gasteiger partial charge in [-0.2, -0.15) is 9.78 Å². The van der Waals surface area contributed by atoms with Crippen molar-refractivity contribution in [1.82, 2.24) is 30.7 Å². The SMILES string of the molecule is C[NH+](C)Cc1c(C(=O)N/N=C\c2ccccc2)nnn1-c1nonc1N. The largest absolute Gasteiger partial charge is 0.378 e. The number of quaternary nitrogens is 1. The molecule has 0 spiro atoms. The second kappa shape index (κ2) is 7.53. The fraction of sp³-hybridized carbons (Fsp3) is 0.200. The molecule has 3 rings (SSSR count). The minimum Gasteiger partial charge on any atom is -0.378 e. The number of aromatic nitrogens is 5. The van der Waals surface area contributed by atoms with Gasteiger partial charge in [-0.1, -0.05) is 35.5 Å². The van der Waals surface area contributed by atoms with Crippen LogP contribution in [0.2, 0.25) is 0 Å². The number of carbonyl (C=O) groups excluding carboxylic acids is 1. The van der Waals surface area contributed by atoms with Gasteiger partial charge in [0.1, 0.15) is 12.2 Å². The lowest BCUT2D eigenvalue weighted by atomic mass is 10.2. The second-order valence-electron chi connectivity index (χ2n) is 5.76. The number of hydrogen-bond acceptors (Lipinski definition) is 8. The van der Waals surface area contributed by atoms with E-state index in [0.717, 1.165) is 10.5 Å². The highest BCUT2D eigenvalue weighted by Crippen LogP contribution is 2.15. The Kier molecular flexibility index (Phi) is 4.99. The van der Waals surface area contributed by atoms with E-state index in [2.05, 4.69) is 35.8 Å². The van der Waals surface area contributed by atoms with Gasteiger partial charge in [0.15, 0.2) is 5.69 Å². The van der Waals surface area contributed by atoms with Gasteiger partial charge in [0.05, 0.1) is 20.3 Å². The Labute approximate surface area is 148 Å². The number of anilines is 1. The molecule has 2 heterocycles. The van der Waals surface area contributed by atoms with Crippen LogP contribution in [0.4, 0.5) is 5.82 Å². The molecule has 4 N–H and O–H groups in total. The van der Waals surface area contributed by atoms with Crippen molar-refractivity contribution in [3.8, 4) is 5.82 Å². The normalized spacial score (nSPS) is 11.3. The predicted molar refractivity (Wildman–Crippen MR) is 91.6 cm³/mol. The highest BCUT2D eigenvalue weighted by molar-refractivity contribution is 5.94. The zero-order valence-corrected chi connectivity index (χ0v) is 14.2. The van der Waals surface area contributed by atoms with E-state index in [1.54, 1.807) is 6.21 Å². The quantitative estimate of drug-likeness (QED) is 0.366. The van der Waals surface area contributed by atoms with Gasteiger partial charge < -0.3 is 10.6 Å². The van der Waals surface area contributed by atoms with Crippen molar-refractivity contribution in [2.24, 2.45) is 5.10 Å². The van der Waals surface area contributed by atoms with Gasteiger partial charge in [0, 0.05) is 0 Å². The molecule has 11 heteroatoms. The van der Waals surface area contributed by atoms with Gasteiger partial charge in [-0.15, -0.1) is 5.10 Å². The van der Waals surface area contributed by atoms with Gasteiger partial charge in [-0.3, -0.25) is 4.79 Å². The summed E-state index contributed by atoms with van der Waals surface area (Å²) >= 11 is 0. The molecule has 1 aromatic carbocycles. The molecule has 0 saturated heterocycles. The first-order valence-electron chi connectivity index (χ1n) is 7.76. The maximum atomic E-state index is 12.5. The summed E-state index contributed by atoms with van der Waals surface area (Å²) in [7, 11) is 3.86. The molecule has 3 aromatic rings. The minimum absolute atomic E-state index is 0.0546. The maximum Gasteiger partial charge on any atom is 0.294 e. The third kappa shape index (κ3) is 3.72. The second-order valence-corrected chi connectivity index (χ2v) is 5.76. The van der Waals surface area contributed by atoms with Gasteiger partial charge in [-0.05, 0) is 15.9 Å². The molecule has 0 saturated carbocycles. The smallest absolute Gasteiger partial charge is 0.294 e. The first-order chi connectivity index (χ1) is 12.6. The average molecular weight is 356 g/mol. The monoisotopic (exact) mass is 356 g/mol. The number of hydrazone groups is 1. The van der Waals surface area contributed by atoms with Crippen LogP contribution in [0.5, 0.6) is 0 Å². The molecule has 0 aliphatic heterocycles. The number of benzene rings is 1. The van der Waals surface area contributed by atoms with Gasteiger partial charge in [-0.25, -0.2) is 10.1 Å². The Hall–Kier alpha value is -3.60. The average Bonchev–Trinajstić information content (AvgIpc) is 3.21. The van der Waals surface area contributed by atoms with E-state index in [1.807, 2.05) is 44.4 Å². The number of amides is 1. The van der Waals surface area contributed by atoms with Gasteiger partial charge in [0.25, 0.3) is 5.91 Å². The number of rotatable bonds is 6. The van der Waals surface area contributed by atoms with E-state index < -0.39 is 5.91 Å². The Morgan fingerprint density at radius 2 is 2.12 bits per heavy atom. The maximum absolute atomic E-state index is 12.5. The lowest BCUT2D eigenvalue weighted by Crippen LogP contribution is -3.04. The zero-order chi connectivity index (χ0) is 18.5. The number of hydrogen-bond donors (Lipinski definition) is 3. The van der Waals surface area contributed by atoms with Crippen molar-refractivity contribution in [3.05, 3.63) is 47.3 Å². The molecule has 0 unspecified atom stereocenters. The van der Waals surface area contributed by atoms with Crippen LogP contribution in [0.1, 0.15) is 21.7 Å². The predicted octanol–water partition coefficient (Wildman–Crippen LogP) is -1.36. The first kappa shape index (κ1) is 17.2. The summed E-state index contributed by atoms with van der Waals surface area (Å²) < 4.78 is 5.94. The molecular weight excluding hydrogens is 338 g/mol. The molecule has 134 valence electrons. The molecule has 1 amide bonds. The lowest BCUT2D eigenvalue weighted by molar-refractivity contribution is -0.873. The first-order valence-corrected chi connectivity index (χ1v) is 7.76. The fourth-order valence-electron chi connectivity index (χ4n) is 2.24. The van der Waals surface area contributed by atoms with Crippen LogP contribution in [0.3, 0.4) is 0 Å². The molecule has 0 atom stereocenters. The number of nitrogens with two attached hydrogens (primary N) is 1. The molecular formula is C15H18N9O2+. The summed E-state index contributed by atoms with van der Waals surface area (Å²) in [5.41, 5.74) is 9.66. The minimum atomic E-state index is -0.491. The summed E-state index contributed by atoms with van der Waals surface area (Å²) in [5, 5.41) is 19.1. The highest BCUT2D eigenvalue weighted by Gasteiger charge is 2.25. The molecule has 0 aliphatic rings. The van der Waals surface area contributed by atoms with E-state index in [1.165, 1.54) is 4.68 Å². The Morgan fingerprint density at radius 3 is 2.77 bits per heavy atom. The number of nitrogen functional groups attached to an aromatic ring is 1. The molecule has 2 aromatic heterocycles. The van der Waals surface area contributed by atoms with Crippen molar-refractivity contribution in [2.75, 3.05) is 19.8 Å². The van der Waals surface area contributed by atoms with Crippen LogP contribution in [-0.4, -0.2) is 51.5 Å². The van der Waals surface area contributed by atoms with E-state index in [-0.39, 0.29) is 17.3 Å². The number of carbonyl (C=O) groups is 1. The molecule has 0 radical (unpaired) electrons. The van der Waals surface area contributed by atoms with Crippen LogP contribution in [-0.2, 0) is 6.54 Å². The Balaban J connectivity index is 1.84. The van der Waals surface area contributed by atoms with Crippen LogP contribution < -0.4 is 16.1 Å². The lowest BCUT2D eigenvalue weighted by Gasteiger charge is -2.08. The molecule has 0 aliphatic carbocycles. The van der Waals surface area contributed by atoms with E-state index in [9.17, 15) is 4.79 Å². The standard InChI is InChI=1S/C15H17N9O2/c1-23(2)9-11-12(18-22-24(11)14-13(16)20-26-21-14)15(25)19-17-8-10-6-4-3-5-7-10/h3-8H,9H2,1-2H3,(H2,16,20)(H,19,25)/p+1/b17-8-. The third-order valence-corrected chi connectivity index (χ3v) is 3.37. The summed E-state index contributed by atoms with van der Waals surface area (Å²) in [6.45, 7) is 0.449. The highest BCUT2D eigenvalue weighted by atomic mass is 16.6. The summed E-state index contributed by atoms with van der Waals surface area (Å²) in [5.74, 6) is -0.255. The van der Waals surface area contributed by atoms with Crippen LogP contribution in [0.25, 0.3) is 5.82 Å². The van der Waals surface area contributed by atoms with E-state index in [4.69, 9.17) is 5.73 Å². The number of nitrogens with one attached hydrogen (secondary N) is 2. The number of nitrogens with zero attached hydrogens (tertiary/aromatic N) is 6. The topological polar surface area (TPSA) is 142 Å². The molecule has 0 bridgehead atoms. The molecule has 26 heavy (non-hydrogen) atoms. The summed E-state index contributed by atoms with van der Waals surface area (Å²) in [4.78, 5) is 13.5. The Morgan fingerprint density at radius 1 is 1.35 bits per heavy atom. The van der Waals surface area contributed by atoms with Crippen LogP contribution in [0.15, 0.2) is 40.1 Å².